The molecule has 0 saturated heterocycles. The third-order valence-corrected chi connectivity index (χ3v) is 2.55. The van der Waals surface area contributed by atoms with E-state index in [4.69, 9.17) is 4.74 Å². The maximum absolute atomic E-state index is 13.1. The van der Waals surface area contributed by atoms with Crippen molar-refractivity contribution in [2.45, 2.75) is 13.3 Å². The lowest BCUT2D eigenvalue weighted by Gasteiger charge is -2.01. The summed E-state index contributed by atoms with van der Waals surface area (Å²) < 4.78 is 19.1. The summed E-state index contributed by atoms with van der Waals surface area (Å²) in [6.45, 7) is 1.96. The molecule has 1 aromatic carbocycles. The van der Waals surface area contributed by atoms with Gasteiger partial charge in [0.25, 0.3) is 5.56 Å². The standard InChI is InChI=1S/C13H13FN2O3/c1-2-19-12(17)6-9-8-15-16(13(9)18)11-5-3-4-10(14)7-11/h3-5,7-8,15H,2,6H2,1H3. The molecular weight excluding hydrogens is 251 g/mol. The van der Waals surface area contributed by atoms with Crippen LogP contribution in [0.4, 0.5) is 4.39 Å². The molecule has 0 aliphatic carbocycles. The van der Waals surface area contributed by atoms with Crippen molar-refractivity contribution in [2.75, 3.05) is 6.61 Å². The molecule has 0 aliphatic rings. The Morgan fingerprint density at radius 3 is 2.95 bits per heavy atom. The first-order valence-electron chi connectivity index (χ1n) is 5.82. The summed E-state index contributed by atoms with van der Waals surface area (Å²) in [7, 11) is 0. The number of rotatable bonds is 4. The first-order valence-corrected chi connectivity index (χ1v) is 5.82. The molecule has 0 aliphatic heterocycles. The van der Waals surface area contributed by atoms with E-state index in [9.17, 15) is 14.0 Å². The van der Waals surface area contributed by atoms with Crippen LogP contribution < -0.4 is 5.56 Å². The van der Waals surface area contributed by atoms with Gasteiger partial charge in [-0.15, -0.1) is 0 Å². The summed E-state index contributed by atoms with van der Waals surface area (Å²) in [4.78, 5) is 23.3. The summed E-state index contributed by atoms with van der Waals surface area (Å²) in [5, 5.41) is 2.69. The van der Waals surface area contributed by atoms with Gasteiger partial charge in [0.2, 0.25) is 0 Å². The highest BCUT2D eigenvalue weighted by Crippen LogP contribution is 2.07. The van der Waals surface area contributed by atoms with Crippen LogP contribution in [0.1, 0.15) is 12.5 Å². The van der Waals surface area contributed by atoms with Crippen molar-refractivity contribution in [3.63, 3.8) is 0 Å². The molecule has 5 nitrogen and oxygen atoms in total. The number of halogens is 1. The minimum absolute atomic E-state index is 0.106. The minimum atomic E-state index is -0.468. The summed E-state index contributed by atoms with van der Waals surface area (Å²) in [6, 6.07) is 5.61. The molecule has 0 fully saturated rings. The molecule has 0 spiro atoms. The quantitative estimate of drug-likeness (QED) is 0.849. The van der Waals surface area contributed by atoms with Gasteiger partial charge in [-0.2, -0.15) is 0 Å². The van der Waals surface area contributed by atoms with Gasteiger partial charge in [-0.25, -0.2) is 9.07 Å². The van der Waals surface area contributed by atoms with Crippen molar-refractivity contribution in [1.82, 2.24) is 9.78 Å². The zero-order valence-corrected chi connectivity index (χ0v) is 10.4. The van der Waals surface area contributed by atoms with Gasteiger partial charge in [-0.3, -0.25) is 14.7 Å². The second-order valence-corrected chi connectivity index (χ2v) is 3.90. The highest BCUT2D eigenvalue weighted by molar-refractivity contribution is 5.72. The Balaban J connectivity index is 2.28. The van der Waals surface area contributed by atoms with Crippen LogP contribution in [-0.4, -0.2) is 22.4 Å². The normalized spacial score (nSPS) is 10.4. The second kappa shape index (κ2) is 5.51. The Morgan fingerprint density at radius 2 is 2.26 bits per heavy atom. The van der Waals surface area contributed by atoms with E-state index in [0.717, 1.165) is 0 Å². The predicted octanol–water partition coefficient (Wildman–Crippen LogP) is 1.41. The lowest BCUT2D eigenvalue weighted by molar-refractivity contribution is -0.142. The average molecular weight is 264 g/mol. The number of aromatic amines is 1. The third-order valence-electron chi connectivity index (χ3n) is 2.55. The fourth-order valence-electron chi connectivity index (χ4n) is 1.71. The van der Waals surface area contributed by atoms with Gasteiger partial charge in [-0.05, 0) is 25.1 Å². The third kappa shape index (κ3) is 2.90. The Labute approximate surface area is 108 Å². The number of carbonyl (C=O) groups excluding carboxylic acids is 1. The van der Waals surface area contributed by atoms with Crippen LogP contribution in [-0.2, 0) is 16.0 Å². The van der Waals surface area contributed by atoms with E-state index < -0.39 is 17.3 Å². The summed E-state index contributed by atoms with van der Waals surface area (Å²) in [6.07, 6.45) is 1.32. The fourth-order valence-corrected chi connectivity index (χ4v) is 1.71. The molecule has 0 saturated carbocycles. The number of hydrogen-bond acceptors (Lipinski definition) is 3. The molecule has 0 atom stereocenters. The summed E-state index contributed by atoms with van der Waals surface area (Å²) in [5.41, 5.74) is 0.265. The molecule has 0 radical (unpaired) electrons. The molecule has 2 rings (SSSR count). The zero-order valence-electron chi connectivity index (χ0n) is 10.4. The highest BCUT2D eigenvalue weighted by Gasteiger charge is 2.12. The number of H-pyrrole nitrogens is 1. The first kappa shape index (κ1) is 13.1. The van der Waals surface area contributed by atoms with E-state index in [2.05, 4.69) is 5.10 Å². The van der Waals surface area contributed by atoms with E-state index in [1.165, 1.54) is 29.1 Å². The molecule has 1 N–H and O–H groups in total. The number of hydrogen-bond donors (Lipinski definition) is 1. The number of esters is 1. The van der Waals surface area contributed by atoms with Gasteiger partial charge in [-0.1, -0.05) is 6.07 Å². The van der Waals surface area contributed by atoms with Gasteiger partial charge in [0.05, 0.1) is 18.7 Å². The van der Waals surface area contributed by atoms with Gasteiger partial charge in [0, 0.05) is 11.8 Å². The first-order chi connectivity index (χ1) is 9.11. The van der Waals surface area contributed by atoms with Gasteiger partial charge < -0.3 is 4.74 Å². The van der Waals surface area contributed by atoms with Crippen LogP contribution in [0, 0.1) is 5.82 Å². The van der Waals surface area contributed by atoms with Crippen molar-refractivity contribution < 1.29 is 13.9 Å². The van der Waals surface area contributed by atoms with Gasteiger partial charge in [0.15, 0.2) is 0 Å². The van der Waals surface area contributed by atoms with Gasteiger partial charge in [0.1, 0.15) is 5.82 Å². The van der Waals surface area contributed by atoms with Crippen LogP contribution in [0.2, 0.25) is 0 Å². The molecule has 6 heteroatoms. The molecule has 19 heavy (non-hydrogen) atoms. The Hall–Kier alpha value is -2.37. The van der Waals surface area contributed by atoms with Crippen molar-refractivity contribution in [2.24, 2.45) is 0 Å². The average Bonchev–Trinajstić information content (AvgIpc) is 2.71. The fraction of sp³-hybridized carbons (Fsp3) is 0.231. The van der Waals surface area contributed by atoms with E-state index in [-0.39, 0.29) is 18.6 Å². The Bertz CT molecular complexity index is 645. The number of carbonyl (C=O) groups is 1. The van der Waals surface area contributed by atoms with Crippen molar-refractivity contribution in [1.29, 1.82) is 0 Å². The van der Waals surface area contributed by atoms with Crippen LogP contribution >= 0.6 is 0 Å². The molecular formula is C13H13FN2O3. The molecule has 0 amide bonds. The van der Waals surface area contributed by atoms with Crippen molar-refractivity contribution in [3.05, 3.63) is 52.2 Å². The topological polar surface area (TPSA) is 64.1 Å². The zero-order chi connectivity index (χ0) is 13.8. The monoisotopic (exact) mass is 264 g/mol. The van der Waals surface area contributed by atoms with Crippen LogP contribution in [0.5, 0.6) is 0 Å². The molecule has 1 heterocycles. The summed E-state index contributed by atoms with van der Waals surface area (Å²) >= 11 is 0. The SMILES string of the molecule is CCOC(=O)Cc1c[nH]n(-c2cccc(F)c2)c1=O. The predicted molar refractivity (Wildman–Crippen MR) is 66.7 cm³/mol. The minimum Gasteiger partial charge on any atom is -0.466 e. The van der Waals surface area contributed by atoms with Crippen LogP contribution in [0.3, 0.4) is 0 Å². The number of ether oxygens (including phenoxy) is 1. The maximum atomic E-state index is 13.1. The van der Waals surface area contributed by atoms with Crippen LogP contribution in [0.25, 0.3) is 5.69 Å². The lowest BCUT2D eigenvalue weighted by atomic mass is 10.2. The molecule has 2 aromatic rings. The smallest absolute Gasteiger partial charge is 0.310 e. The van der Waals surface area contributed by atoms with E-state index in [0.29, 0.717) is 5.69 Å². The number of nitrogens with one attached hydrogen (secondary N) is 1. The van der Waals surface area contributed by atoms with E-state index in [1.807, 2.05) is 0 Å². The lowest BCUT2D eigenvalue weighted by Crippen LogP contribution is -2.20. The highest BCUT2D eigenvalue weighted by atomic mass is 19.1. The van der Waals surface area contributed by atoms with Gasteiger partial charge >= 0.3 is 5.97 Å². The van der Waals surface area contributed by atoms with Crippen molar-refractivity contribution in [3.8, 4) is 5.69 Å². The number of nitrogens with zero attached hydrogens (tertiary/aromatic N) is 1. The molecule has 0 unspecified atom stereocenters. The molecule has 1 aromatic heterocycles. The summed E-state index contributed by atoms with van der Waals surface area (Å²) in [5.74, 6) is -0.907. The number of benzene rings is 1. The Kier molecular flexibility index (Phi) is 3.79. The second-order valence-electron chi connectivity index (χ2n) is 3.90. The van der Waals surface area contributed by atoms with Crippen molar-refractivity contribution >= 4 is 5.97 Å². The maximum Gasteiger partial charge on any atom is 0.310 e. The molecule has 100 valence electrons. The largest absolute Gasteiger partial charge is 0.466 e. The van der Waals surface area contributed by atoms with E-state index >= 15 is 0 Å². The Morgan fingerprint density at radius 1 is 1.47 bits per heavy atom. The van der Waals surface area contributed by atoms with E-state index in [1.54, 1.807) is 13.0 Å². The number of aromatic nitrogens is 2. The molecule has 0 bridgehead atoms. The van der Waals surface area contributed by atoms with Crippen LogP contribution in [0.15, 0.2) is 35.3 Å².